The fourth-order valence-corrected chi connectivity index (χ4v) is 1.73. The van der Waals surface area contributed by atoms with Gasteiger partial charge in [0.2, 0.25) is 0 Å². The van der Waals surface area contributed by atoms with Crippen LogP contribution in [0.4, 0.5) is 0 Å². The predicted octanol–water partition coefficient (Wildman–Crippen LogP) is 0.839. The summed E-state index contributed by atoms with van der Waals surface area (Å²) >= 11 is 0. The Kier molecular flexibility index (Phi) is 3.71. The Labute approximate surface area is 77.8 Å². The number of carboxylic acids is 1. The Morgan fingerprint density at radius 2 is 2.31 bits per heavy atom. The van der Waals surface area contributed by atoms with E-state index in [9.17, 15) is 4.79 Å². The lowest BCUT2D eigenvalue weighted by Gasteiger charge is -2.23. The normalized spacial score (nSPS) is 24.7. The summed E-state index contributed by atoms with van der Waals surface area (Å²) in [5.74, 6) is -0.794. The van der Waals surface area contributed by atoms with Gasteiger partial charge < -0.3 is 5.11 Å². The van der Waals surface area contributed by atoms with Crippen LogP contribution in [0, 0.1) is 11.3 Å². The van der Waals surface area contributed by atoms with E-state index in [1.54, 1.807) is 4.90 Å². The van der Waals surface area contributed by atoms with Gasteiger partial charge in [-0.25, -0.2) is 0 Å². The van der Waals surface area contributed by atoms with Gasteiger partial charge in [0, 0.05) is 6.54 Å². The number of hydrogen-bond acceptors (Lipinski definition) is 3. The number of carbonyl (C=O) groups is 1. The molecule has 0 radical (unpaired) electrons. The highest BCUT2D eigenvalue weighted by molar-refractivity contribution is 5.73. The van der Waals surface area contributed by atoms with Crippen molar-refractivity contribution in [3.05, 3.63) is 0 Å². The second-order valence-corrected chi connectivity index (χ2v) is 3.33. The van der Waals surface area contributed by atoms with Crippen molar-refractivity contribution in [1.29, 1.82) is 5.26 Å². The van der Waals surface area contributed by atoms with Crippen molar-refractivity contribution in [1.82, 2.24) is 4.90 Å². The van der Waals surface area contributed by atoms with Gasteiger partial charge in [0.25, 0.3) is 0 Å². The van der Waals surface area contributed by atoms with E-state index < -0.39 is 12.0 Å². The lowest BCUT2D eigenvalue weighted by molar-refractivity contribution is -0.143. The van der Waals surface area contributed by atoms with E-state index in [0.29, 0.717) is 6.42 Å². The van der Waals surface area contributed by atoms with Gasteiger partial charge in [-0.05, 0) is 12.8 Å². The van der Waals surface area contributed by atoms with E-state index in [1.807, 2.05) is 6.07 Å². The van der Waals surface area contributed by atoms with E-state index in [-0.39, 0.29) is 6.54 Å². The molecule has 0 aromatic carbocycles. The lowest BCUT2D eigenvalue weighted by atomic mass is 10.1. The van der Waals surface area contributed by atoms with Crippen molar-refractivity contribution in [3.8, 4) is 6.07 Å². The van der Waals surface area contributed by atoms with Gasteiger partial charge in [-0.1, -0.05) is 12.8 Å². The Morgan fingerprint density at radius 3 is 2.92 bits per heavy atom. The molecule has 1 aliphatic rings. The van der Waals surface area contributed by atoms with Crippen LogP contribution in [-0.2, 0) is 4.79 Å². The molecule has 1 rings (SSSR count). The van der Waals surface area contributed by atoms with Gasteiger partial charge in [-0.15, -0.1) is 0 Å². The zero-order chi connectivity index (χ0) is 9.68. The molecule has 1 unspecified atom stereocenters. The summed E-state index contributed by atoms with van der Waals surface area (Å²) in [6.45, 7) is 0.974. The smallest absolute Gasteiger partial charge is 0.320 e. The Balaban J connectivity index is 2.62. The molecule has 0 aromatic heterocycles. The van der Waals surface area contributed by atoms with Crippen LogP contribution in [0.1, 0.15) is 25.7 Å². The molecule has 72 valence electrons. The first-order valence-electron chi connectivity index (χ1n) is 4.59. The van der Waals surface area contributed by atoms with Gasteiger partial charge in [0.1, 0.15) is 6.04 Å². The highest BCUT2D eigenvalue weighted by atomic mass is 16.4. The zero-order valence-electron chi connectivity index (χ0n) is 7.57. The van der Waals surface area contributed by atoms with Gasteiger partial charge in [-0.3, -0.25) is 9.69 Å². The molecule has 0 spiro atoms. The largest absolute Gasteiger partial charge is 0.480 e. The molecular weight excluding hydrogens is 168 g/mol. The second kappa shape index (κ2) is 4.83. The predicted molar refractivity (Wildman–Crippen MR) is 47.1 cm³/mol. The molecule has 0 saturated carbocycles. The van der Waals surface area contributed by atoms with E-state index >= 15 is 0 Å². The highest BCUT2D eigenvalue weighted by Gasteiger charge is 2.26. The van der Waals surface area contributed by atoms with Crippen molar-refractivity contribution in [2.24, 2.45) is 0 Å². The fourth-order valence-electron chi connectivity index (χ4n) is 1.73. The minimum atomic E-state index is -0.794. The summed E-state index contributed by atoms with van der Waals surface area (Å²) in [6.07, 6.45) is 3.72. The Bertz CT molecular complexity index is 222. The minimum absolute atomic E-state index is 0.233. The molecule has 1 N–H and O–H groups in total. The topological polar surface area (TPSA) is 64.3 Å². The van der Waals surface area contributed by atoms with Crippen LogP contribution in [-0.4, -0.2) is 35.1 Å². The molecule has 1 saturated heterocycles. The molecule has 1 aliphatic heterocycles. The van der Waals surface area contributed by atoms with E-state index in [1.165, 1.54) is 0 Å². The van der Waals surface area contributed by atoms with Gasteiger partial charge in [0.15, 0.2) is 0 Å². The third kappa shape index (κ3) is 2.71. The number of rotatable bonds is 2. The van der Waals surface area contributed by atoms with Crippen LogP contribution in [0.15, 0.2) is 0 Å². The molecule has 1 heterocycles. The van der Waals surface area contributed by atoms with Crippen LogP contribution in [0.5, 0.6) is 0 Å². The number of hydrogen-bond donors (Lipinski definition) is 1. The number of nitriles is 1. The number of carboxylic acid groups (broad SMARTS) is 1. The first-order valence-corrected chi connectivity index (χ1v) is 4.59. The Morgan fingerprint density at radius 1 is 1.54 bits per heavy atom. The monoisotopic (exact) mass is 182 g/mol. The number of likely N-dealkylation sites (tertiary alicyclic amines) is 1. The number of nitrogens with zero attached hydrogens (tertiary/aromatic N) is 2. The van der Waals surface area contributed by atoms with E-state index in [4.69, 9.17) is 10.4 Å². The molecule has 0 aliphatic carbocycles. The first-order chi connectivity index (χ1) is 6.25. The first kappa shape index (κ1) is 10.0. The maximum Gasteiger partial charge on any atom is 0.320 e. The summed E-state index contributed by atoms with van der Waals surface area (Å²) in [6, 6.07) is 1.57. The van der Waals surface area contributed by atoms with Gasteiger partial charge >= 0.3 is 5.97 Å². The molecule has 0 amide bonds. The SMILES string of the molecule is N#CCN1CCCCCC1C(=O)O. The average molecular weight is 182 g/mol. The zero-order valence-corrected chi connectivity index (χ0v) is 7.57. The van der Waals surface area contributed by atoms with Crippen LogP contribution in [0.2, 0.25) is 0 Å². The fraction of sp³-hybridized carbons (Fsp3) is 0.778. The maximum atomic E-state index is 10.8. The van der Waals surface area contributed by atoms with Gasteiger partial charge in [0.05, 0.1) is 12.6 Å². The highest BCUT2D eigenvalue weighted by Crippen LogP contribution is 2.16. The molecule has 4 nitrogen and oxygen atoms in total. The Hall–Kier alpha value is -1.08. The molecular formula is C9H14N2O2. The van der Waals surface area contributed by atoms with Gasteiger partial charge in [-0.2, -0.15) is 5.26 Å². The van der Waals surface area contributed by atoms with Crippen molar-refractivity contribution in [3.63, 3.8) is 0 Å². The summed E-state index contributed by atoms with van der Waals surface area (Å²) in [4.78, 5) is 12.6. The summed E-state index contributed by atoms with van der Waals surface area (Å²) in [7, 11) is 0. The standard InChI is InChI=1S/C9H14N2O2/c10-5-7-11-6-3-1-2-4-8(11)9(12)13/h8H,1-4,6-7H2,(H,12,13). The van der Waals surface area contributed by atoms with Crippen molar-refractivity contribution < 1.29 is 9.90 Å². The van der Waals surface area contributed by atoms with Crippen LogP contribution in [0.25, 0.3) is 0 Å². The quantitative estimate of drug-likeness (QED) is 0.643. The lowest BCUT2D eigenvalue weighted by Crippen LogP contribution is -2.40. The van der Waals surface area contributed by atoms with E-state index in [2.05, 4.69) is 0 Å². The second-order valence-electron chi connectivity index (χ2n) is 3.33. The maximum absolute atomic E-state index is 10.8. The van der Waals surface area contributed by atoms with Crippen LogP contribution >= 0.6 is 0 Å². The molecule has 13 heavy (non-hydrogen) atoms. The van der Waals surface area contributed by atoms with Crippen LogP contribution < -0.4 is 0 Å². The molecule has 1 fully saturated rings. The molecule has 0 aromatic rings. The van der Waals surface area contributed by atoms with E-state index in [0.717, 1.165) is 25.8 Å². The summed E-state index contributed by atoms with van der Waals surface area (Å²) in [5.41, 5.74) is 0. The molecule has 1 atom stereocenters. The van der Waals surface area contributed by atoms with Crippen molar-refractivity contribution in [2.75, 3.05) is 13.1 Å². The van der Waals surface area contributed by atoms with Crippen molar-refractivity contribution >= 4 is 5.97 Å². The van der Waals surface area contributed by atoms with Crippen LogP contribution in [0.3, 0.4) is 0 Å². The summed E-state index contributed by atoms with van der Waals surface area (Å²) < 4.78 is 0. The molecule has 0 bridgehead atoms. The average Bonchev–Trinajstić information content (AvgIpc) is 2.30. The minimum Gasteiger partial charge on any atom is -0.480 e. The van der Waals surface area contributed by atoms with Crippen molar-refractivity contribution in [2.45, 2.75) is 31.7 Å². The summed E-state index contributed by atoms with van der Waals surface area (Å²) in [5, 5.41) is 17.4. The molecule has 4 heteroatoms. The third-order valence-electron chi connectivity index (χ3n) is 2.42. The third-order valence-corrected chi connectivity index (χ3v) is 2.42. The number of aliphatic carboxylic acids is 1.